The van der Waals surface area contributed by atoms with E-state index in [0.717, 1.165) is 62.0 Å². The average molecular weight is 500 g/mol. The van der Waals surface area contributed by atoms with Crippen LogP contribution in [-0.2, 0) is 22.7 Å². The van der Waals surface area contributed by atoms with Gasteiger partial charge in [-0.25, -0.2) is 0 Å². The lowest BCUT2D eigenvalue weighted by Gasteiger charge is -2.32. The van der Waals surface area contributed by atoms with Crippen molar-refractivity contribution in [2.24, 2.45) is 17.8 Å². The Labute approximate surface area is 222 Å². The molecule has 0 N–H and O–H groups in total. The Morgan fingerprint density at radius 3 is 2.38 bits per heavy atom. The van der Waals surface area contributed by atoms with Gasteiger partial charge in [-0.05, 0) is 85.4 Å². The molecular formula is C33H41NO3. The van der Waals surface area contributed by atoms with Gasteiger partial charge in [0.15, 0.2) is 0 Å². The molecule has 1 saturated carbocycles. The molecule has 0 aromatic heterocycles. The fourth-order valence-corrected chi connectivity index (χ4v) is 6.14. The van der Waals surface area contributed by atoms with Crippen molar-refractivity contribution in [1.29, 1.82) is 0 Å². The molecule has 4 nitrogen and oxygen atoms in total. The third-order valence-corrected chi connectivity index (χ3v) is 8.49. The van der Waals surface area contributed by atoms with Crippen molar-refractivity contribution in [3.63, 3.8) is 0 Å². The van der Waals surface area contributed by atoms with Crippen LogP contribution in [0.2, 0.25) is 0 Å². The Hall–Kier alpha value is -2.85. The quantitative estimate of drug-likeness (QED) is 0.305. The van der Waals surface area contributed by atoms with Crippen LogP contribution in [0.3, 0.4) is 0 Å². The highest BCUT2D eigenvalue weighted by molar-refractivity contribution is 5.90. The van der Waals surface area contributed by atoms with Crippen molar-refractivity contribution in [3.8, 4) is 5.75 Å². The molecule has 0 radical (unpaired) electrons. The van der Waals surface area contributed by atoms with E-state index in [1.54, 1.807) is 0 Å². The lowest BCUT2D eigenvalue weighted by molar-refractivity contribution is -0.149. The van der Waals surface area contributed by atoms with Crippen molar-refractivity contribution in [2.45, 2.75) is 72.1 Å². The van der Waals surface area contributed by atoms with E-state index >= 15 is 0 Å². The molecular weight excluding hydrogens is 458 g/mol. The molecule has 2 fully saturated rings. The van der Waals surface area contributed by atoms with Crippen molar-refractivity contribution in [1.82, 2.24) is 4.90 Å². The maximum absolute atomic E-state index is 12.8. The molecule has 1 atom stereocenters. The second-order valence-corrected chi connectivity index (χ2v) is 11.4. The number of nitrogens with zero attached hydrogens (tertiary/aromatic N) is 1. The second kappa shape index (κ2) is 11.7. The molecule has 1 heterocycles. The van der Waals surface area contributed by atoms with E-state index in [0.29, 0.717) is 6.61 Å². The maximum atomic E-state index is 12.8. The molecule has 0 spiro atoms. The molecule has 37 heavy (non-hydrogen) atoms. The van der Waals surface area contributed by atoms with E-state index in [1.807, 2.05) is 30.3 Å². The van der Waals surface area contributed by atoms with E-state index in [-0.39, 0.29) is 18.0 Å². The van der Waals surface area contributed by atoms with Gasteiger partial charge in [0.05, 0.1) is 12.0 Å². The number of fused-ring (bicyclic) bond motifs is 1. The average Bonchev–Trinajstić information content (AvgIpc) is 3.39. The molecule has 2 aliphatic rings. The fourth-order valence-electron chi connectivity index (χ4n) is 6.14. The van der Waals surface area contributed by atoms with Gasteiger partial charge in [-0.15, -0.1) is 0 Å². The smallest absolute Gasteiger partial charge is 0.310 e. The molecule has 196 valence electrons. The highest BCUT2D eigenvalue weighted by atomic mass is 16.5. The minimum Gasteiger partial charge on any atom is -0.490 e. The summed E-state index contributed by atoms with van der Waals surface area (Å²) in [5, 5.41) is 2.55. The fraction of sp³-hybridized carbons (Fsp3) is 0.485. The van der Waals surface area contributed by atoms with Gasteiger partial charge in [0.25, 0.3) is 0 Å². The predicted molar refractivity (Wildman–Crippen MR) is 150 cm³/mol. The lowest BCUT2D eigenvalue weighted by atomic mass is 9.80. The number of likely N-dealkylation sites (tertiary alicyclic amines) is 1. The van der Waals surface area contributed by atoms with Crippen LogP contribution in [0.15, 0.2) is 60.7 Å². The number of ether oxygens (including phenoxy) is 2. The van der Waals surface area contributed by atoms with E-state index in [9.17, 15) is 4.79 Å². The lowest BCUT2D eigenvalue weighted by Crippen LogP contribution is -2.27. The van der Waals surface area contributed by atoms with E-state index < -0.39 is 0 Å². The molecule has 5 rings (SSSR count). The number of esters is 1. The minimum atomic E-state index is -0.0847. The first kappa shape index (κ1) is 25.8. The summed E-state index contributed by atoms with van der Waals surface area (Å²) in [6.45, 7) is 9.63. The molecule has 1 aliphatic heterocycles. The van der Waals surface area contributed by atoms with Gasteiger partial charge in [-0.1, -0.05) is 68.4 Å². The SMILES string of the molecule is Cc1cc(OC2CCC(C(C)C)CC2)c(CN2CC[C@H](C(=O)OCc3ccccc3)C2)c2ccccc12. The first-order valence-corrected chi connectivity index (χ1v) is 14.1. The number of aryl methyl sites for hydroxylation is 1. The van der Waals surface area contributed by atoms with Crippen LogP contribution < -0.4 is 4.74 Å². The number of carbonyl (C=O) groups is 1. The third kappa shape index (κ3) is 6.18. The third-order valence-electron chi connectivity index (χ3n) is 8.49. The van der Waals surface area contributed by atoms with Gasteiger partial charge in [0.2, 0.25) is 0 Å². The van der Waals surface area contributed by atoms with Crippen molar-refractivity contribution in [3.05, 3.63) is 77.4 Å². The summed E-state index contributed by atoms with van der Waals surface area (Å²) < 4.78 is 12.4. The van der Waals surface area contributed by atoms with Crippen LogP contribution in [0.25, 0.3) is 10.8 Å². The topological polar surface area (TPSA) is 38.8 Å². The van der Waals surface area contributed by atoms with Crippen molar-refractivity contribution >= 4 is 16.7 Å². The van der Waals surface area contributed by atoms with Crippen LogP contribution in [0.1, 0.15) is 62.6 Å². The Balaban J connectivity index is 1.28. The molecule has 3 aromatic carbocycles. The maximum Gasteiger partial charge on any atom is 0.310 e. The molecule has 1 aliphatic carbocycles. The Kier molecular flexibility index (Phi) is 8.14. The zero-order valence-corrected chi connectivity index (χ0v) is 22.6. The van der Waals surface area contributed by atoms with Gasteiger partial charge in [0.1, 0.15) is 12.4 Å². The number of hydrogen-bond donors (Lipinski definition) is 0. The highest BCUT2D eigenvalue weighted by Gasteiger charge is 2.31. The van der Waals surface area contributed by atoms with E-state index in [4.69, 9.17) is 9.47 Å². The van der Waals surface area contributed by atoms with Gasteiger partial charge in [-0.3, -0.25) is 9.69 Å². The van der Waals surface area contributed by atoms with Crippen LogP contribution in [0.5, 0.6) is 5.75 Å². The first-order chi connectivity index (χ1) is 18.0. The van der Waals surface area contributed by atoms with Crippen LogP contribution in [0.4, 0.5) is 0 Å². The number of carbonyl (C=O) groups excluding carboxylic acids is 1. The Morgan fingerprint density at radius 1 is 0.946 bits per heavy atom. The summed E-state index contributed by atoms with van der Waals surface area (Å²) in [5.41, 5.74) is 3.54. The zero-order valence-electron chi connectivity index (χ0n) is 22.6. The molecule has 0 bridgehead atoms. The summed E-state index contributed by atoms with van der Waals surface area (Å²) in [6, 6.07) is 20.8. The van der Waals surface area contributed by atoms with Crippen molar-refractivity contribution in [2.75, 3.05) is 13.1 Å². The highest BCUT2D eigenvalue weighted by Crippen LogP contribution is 2.37. The van der Waals surface area contributed by atoms with Crippen LogP contribution in [0, 0.1) is 24.7 Å². The Bertz CT molecular complexity index is 1200. The van der Waals surface area contributed by atoms with Crippen molar-refractivity contribution < 1.29 is 14.3 Å². The largest absolute Gasteiger partial charge is 0.490 e. The van der Waals surface area contributed by atoms with E-state index in [2.05, 4.69) is 56.0 Å². The summed E-state index contributed by atoms with van der Waals surface area (Å²) in [7, 11) is 0. The standard InChI is InChI=1S/C33H41NO3/c1-23(2)26-13-15-28(16-14-26)37-32-19-24(3)29-11-7-8-12-30(29)31(32)21-34-18-17-27(20-34)33(35)36-22-25-9-5-4-6-10-25/h4-12,19,23,26-28H,13-18,20-22H2,1-3H3/t26?,27-,28?/m0/s1. The van der Waals surface area contributed by atoms with Crippen LogP contribution in [-0.4, -0.2) is 30.1 Å². The Morgan fingerprint density at radius 2 is 1.65 bits per heavy atom. The van der Waals surface area contributed by atoms with Gasteiger partial charge in [0, 0.05) is 18.7 Å². The van der Waals surface area contributed by atoms with Crippen LogP contribution >= 0.6 is 0 Å². The number of benzene rings is 3. The number of rotatable bonds is 8. The van der Waals surface area contributed by atoms with Gasteiger partial charge < -0.3 is 9.47 Å². The predicted octanol–water partition coefficient (Wildman–Crippen LogP) is 7.31. The molecule has 0 unspecified atom stereocenters. The summed E-state index contributed by atoms with van der Waals surface area (Å²) in [5.74, 6) is 2.44. The monoisotopic (exact) mass is 499 g/mol. The van der Waals surface area contributed by atoms with Gasteiger partial charge in [-0.2, -0.15) is 0 Å². The second-order valence-electron chi connectivity index (χ2n) is 11.4. The normalized spacial score (nSPS) is 22.4. The van der Waals surface area contributed by atoms with Gasteiger partial charge >= 0.3 is 5.97 Å². The molecule has 3 aromatic rings. The zero-order chi connectivity index (χ0) is 25.8. The summed E-state index contributed by atoms with van der Waals surface area (Å²) in [4.78, 5) is 15.2. The molecule has 0 amide bonds. The minimum absolute atomic E-state index is 0.0731. The first-order valence-electron chi connectivity index (χ1n) is 14.1. The van der Waals surface area contributed by atoms with E-state index in [1.165, 1.54) is 34.7 Å². The summed E-state index contributed by atoms with van der Waals surface area (Å²) >= 11 is 0. The molecule has 4 heteroatoms. The summed E-state index contributed by atoms with van der Waals surface area (Å²) in [6.07, 6.45) is 5.90. The molecule has 1 saturated heterocycles. The number of hydrogen-bond acceptors (Lipinski definition) is 4.